The molecule has 0 bridgehead atoms. The molecule has 16 heavy (non-hydrogen) atoms. The van der Waals surface area contributed by atoms with Crippen LogP contribution in [-0.2, 0) is 4.65 Å². The van der Waals surface area contributed by atoms with Gasteiger partial charge in [0.2, 0.25) is 0 Å². The van der Waals surface area contributed by atoms with Crippen LogP contribution in [0.5, 0.6) is 0 Å². The third-order valence-electron chi connectivity index (χ3n) is 1.88. The molecule has 87 valence electrons. The van der Waals surface area contributed by atoms with E-state index in [9.17, 15) is 8.78 Å². The van der Waals surface area contributed by atoms with E-state index in [1.165, 1.54) is 19.7 Å². The van der Waals surface area contributed by atoms with Gasteiger partial charge < -0.3 is 4.65 Å². The van der Waals surface area contributed by atoms with Crippen molar-refractivity contribution in [2.24, 2.45) is 0 Å². The normalized spacial score (nSPS) is 11.9. The molecular formula is C11H15BF2NO. The third kappa shape index (κ3) is 3.89. The molecule has 1 aromatic rings. The Bertz CT molecular complexity index is 363. The first-order chi connectivity index (χ1) is 7.29. The van der Waals surface area contributed by atoms with Crippen LogP contribution in [0.1, 0.15) is 38.5 Å². The molecule has 0 unspecified atom stereocenters. The lowest BCUT2D eigenvalue weighted by molar-refractivity contribution is 0.139. The second-order valence-electron chi connectivity index (χ2n) is 4.60. The highest BCUT2D eigenvalue weighted by Gasteiger charge is 2.18. The number of aryl methyl sites for hydroxylation is 1. The topological polar surface area (TPSA) is 22.1 Å². The van der Waals surface area contributed by atoms with Crippen LogP contribution in [0, 0.1) is 6.92 Å². The minimum Gasteiger partial charge on any atom is -0.430 e. The van der Waals surface area contributed by atoms with E-state index in [-0.39, 0.29) is 5.56 Å². The molecule has 0 fully saturated rings. The molecule has 0 aromatic carbocycles. The Morgan fingerprint density at radius 2 is 2.00 bits per heavy atom. The Morgan fingerprint density at radius 3 is 2.50 bits per heavy atom. The van der Waals surface area contributed by atoms with E-state index in [0.29, 0.717) is 11.2 Å². The molecular weight excluding hydrogens is 211 g/mol. The molecule has 0 saturated heterocycles. The smallest absolute Gasteiger partial charge is 0.332 e. The van der Waals surface area contributed by atoms with Crippen molar-refractivity contribution < 1.29 is 13.4 Å². The van der Waals surface area contributed by atoms with Crippen LogP contribution in [0.15, 0.2) is 12.3 Å². The lowest BCUT2D eigenvalue weighted by atomic mass is 9.84. The van der Waals surface area contributed by atoms with Gasteiger partial charge in [-0.15, -0.1) is 0 Å². The van der Waals surface area contributed by atoms with E-state index in [0.717, 1.165) is 0 Å². The number of hydrogen-bond acceptors (Lipinski definition) is 2. The maximum atomic E-state index is 12.7. The van der Waals surface area contributed by atoms with Gasteiger partial charge in [0.25, 0.3) is 6.43 Å². The molecule has 5 heteroatoms. The SMILES string of the molecule is Cc1cc(C(F)F)c([B]OC(C)(C)C)cn1. The van der Waals surface area contributed by atoms with Crippen molar-refractivity contribution in [2.45, 2.75) is 39.7 Å². The predicted octanol–water partition coefficient (Wildman–Crippen LogP) is 2.39. The van der Waals surface area contributed by atoms with Gasteiger partial charge in [-0.3, -0.25) is 4.98 Å². The average molecular weight is 226 g/mol. The minimum atomic E-state index is -2.52. The lowest BCUT2D eigenvalue weighted by Crippen LogP contribution is -2.31. The summed E-state index contributed by atoms with van der Waals surface area (Å²) in [6, 6.07) is 1.38. The van der Waals surface area contributed by atoms with E-state index in [4.69, 9.17) is 4.65 Å². The van der Waals surface area contributed by atoms with E-state index in [1.54, 1.807) is 6.92 Å². The van der Waals surface area contributed by atoms with Gasteiger partial charge in [-0.25, -0.2) is 8.78 Å². The summed E-state index contributed by atoms with van der Waals surface area (Å²) in [5.41, 5.74) is 0.458. The van der Waals surface area contributed by atoms with Gasteiger partial charge in [0.1, 0.15) is 0 Å². The van der Waals surface area contributed by atoms with Crippen molar-refractivity contribution >= 4 is 12.9 Å². The second-order valence-corrected chi connectivity index (χ2v) is 4.60. The van der Waals surface area contributed by atoms with Crippen molar-refractivity contribution in [2.75, 3.05) is 0 Å². The van der Waals surface area contributed by atoms with Crippen LogP contribution in [0.25, 0.3) is 0 Å². The van der Waals surface area contributed by atoms with Crippen molar-refractivity contribution in [3.63, 3.8) is 0 Å². The number of rotatable bonds is 3. The zero-order valence-corrected chi connectivity index (χ0v) is 9.92. The number of aromatic nitrogens is 1. The van der Waals surface area contributed by atoms with Crippen LogP contribution in [0.3, 0.4) is 0 Å². The second kappa shape index (κ2) is 4.91. The lowest BCUT2D eigenvalue weighted by Gasteiger charge is -2.20. The standard InChI is InChI=1S/C11H15BF2NO/c1-7-5-8(10(13)14)9(6-15-7)12-16-11(2,3)4/h5-6,10H,1-4H3. The van der Waals surface area contributed by atoms with Crippen molar-refractivity contribution in [1.29, 1.82) is 0 Å². The molecule has 0 atom stereocenters. The molecule has 1 rings (SSSR count). The first-order valence-electron chi connectivity index (χ1n) is 5.05. The fourth-order valence-corrected chi connectivity index (χ4v) is 1.12. The van der Waals surface area contributed by atoms with Gasteiger partial charge in [-0.05, 0) is 39.2 Å². The molecule has 0 aliphatic rings. The summed E-state index contributed by atoms with van der Waals surface area (Å²) in [5.74, 6) is 0. The molecule has 0 aliphatic carbocycles. The molecule has 0 amide bonds. The Balaban J connectivity index is 2.87. The summed E-state index contributed by atoms with van der Waals surface area (Å²) in [5, 5.41) is 0. The summed E-state index contributed by atoms with van der Waals surface area (Å²) < 4.78 is 30.8. The first kappa shape index (κ1) is 13.1. The van der Waals surface area contributed by atoms with Crippen LogP contribution < -0.4 is 5.46 Å². The van der Waals surface area contributed by atoms with Crippen LogP contribution in [0.4, 0.5) is 8.78 Å². The zero-order chi connectivity index (χ0) is 12.3. The highest BCUT2D eigenvalue weighted by atomic mass is 19.3. The van der Waals surface area contributed by atoms with Gasteiger partial charge in [0.05, 0.1) is 0 Å². The van der Waals surface area contributed by atoms with Crippen LogP contribution in [-0.4, -0.2) is 18.1 Å². The largest absolute Gasteiger partial charge is 0.430 e. The Morgan fingerprint density at radius 1 is 1.38 bits per heavy atom. The predicted molar refractivity (Wildman–Crippen MR) is 60.2 cm³/mol. The summed E-state index contributed by atoms with van der Waals surface area (Å²) >= 11 is 0. The summed E-state index contributed by atoms with van der Waals surface area (Å²) in [6.07, 6.45) is -1.11. The maximum absolute atomic E-state index is 12.7. The molecule has 0 N–H and O–H groups in total. The molecule has 1 radical (unpaired) electrons. The number of halogens is 2. The van der Waals surface area contributed by atoms with E-state index >= 15 is 0 Å². The molecule has 0 saturated carbocycles. The number of nitrogens with zero attached hydrogens (tertiary/aromatic N) is 1. The quantitative estimate of drug-likeness (QED) is 0.738. The molecule has 2 nitrogen and oxygen atoms in total. The molecule has 0 aliphatic heterocycles. The Kier molecular flexibility index (Phi) is 4.02. The van der Waals surface area contributed by atoms with Crippen molar-refractivity contribution in [3.05, 3.63) is 23.5 Å². The Hall–Kier alpha value is -0.965. The average Bonchev–Trinajstić information content (AvgIpc) is 2.14. The number of pyridine rings is 1. The van der Waals surface area contributed by atoms with Gasteiger partial charge in [-0.1, -0.05) is 0 Å². The summed E-state index contributed by atoms with van der Waals surface area (Å²) in [7, 11) is 1.34. The highest BCUT2D eigenvalue weighted by Crippen LogP contribution is 2.17. The summed E-state index contributed by atoms with van der Waals surface area (Å²) in [6.45, 7) is 7.24. The first-order valence-corrected chi connectivity index (χ1v) is 5.05. The number of alkyl halides is 2. The van der Waals surface area contributed by atoms with Gasteiger partial charge in [0.15, 0.2) is 0 Å². The Labute approximate surface area is 95.3 Å². The van der Waals surface area contributed by atoms with Crippen molar-refractivity contribution in [3.8, 4) is 0 Å². The monoisotopic (exact) mass is 226 g/mol. The van der Waals surface area contributed by atoms with Gasteiger partial charge >= 0.3 is 7.48 Å². The van der Waals surface area contributed by atoms with Gasteiger partial charge in [-0.2, -0.15) is 0 Å². The molecule has 0 spiro atoms. The van der Waals surface area contributed by atoms with Crippen LogP contribution in [0.2, 0.25) is 0 Å². The summed E-state index contributed by atoms with van der Waals surface area (Å²) in [4.78, 5) is 3.98. The maximum Gasteiger partial charge on any atom is 0.332 e. The fourth-order valence-electron chi connectivity index (χ4n) is 1.12. The highest BCUT2D eigenvalue weighted by molar-refractivity contribution is 6.47. The van der Waals surface area contributed by atoms with Crippen molar-refractivity contribution in [1.82, 2.24) is 4.98 Å². The molecule has 1 aromatic heterocycles. The fraction of sp³-hybridized carbons (Fsp3) is 0.545. The van der Waals surface area contributed by atoms with E-state index in [2.05, 4.69) is 4.98 Å². The molecule has 1 heterocycles. The zero-order valence-electron chi connectivity index (χ0n) is 9.92. The van der Waals surface area contributed by atoms with E-state index in [1.807, 2.05) is 20.8 Å². The minimum absolute atomic E-state index is 0.0447. The van der Waals surface area contributed by atoms with E-state index < -0.39 is 12.0 Å². The van der Waals surface area contributed by atoms with Crippen LogP contribution >= 0.6 is 0 Å². The third-order valence-corrected chi connectivity index (χ3v) is 1.88. The van der Waals surface area contributed by atoms with Gasteiger partial charge in [0, 0.05) is 23.1 Å². The number of hydrogen-bond donors (Lipinski definition) is 0.